The van der Waals surface area contributed by atoms with Gasteiger partial charge in [-0.1, -0.05) is 23.7 Å². The molecule has 24 heavy (non-hydrogen) atoms. The predicted molar refractivity (Wildman–Crippen MR) is 96.5 cm³/mol. The van der Waals surface area contributed by atoms with Crippen molar-refractivity contribution >= 4 is 28.8 Å². The van der Waals surface area contributed by atoms with Crippen LogP contribution < -0.4 is 5.32 Å². The summed E-state index contributed by atoms with van der Waals surface area (Å²) in [6.07, 6.45) is 4.49. The van der Waals surface area contributed by atoms with E-state index in [0.29, 0.717) is 16.4 Å². The highest BCUT2D eigenvalue weighted by molar-refractivity contribution is 7.17. The van der Waals surface area contributed by atoms with E-state index in [1.807, 2.05) is 48.1 Å². The van der Waals surface area contributed by atoms with Gasteiger partial charge in [-0.05, 0) is 31.5 Å². The van der Waals surface area contributed by atoms with Crippen LogP contribution in [0.3, 0.4) is 0 Å². The zero-order valence-corrected chi connectivity index (χ0v) is 14.8. The van der Waals surface area contributed by atoms with Crippen LogP contribution in [0.2, 0.25) is 5.02 Å². The molecule has 0 aliphatic heterocycles. The molecule has 0 spiro atoms. The maximum absolute atomic E-state index is 12.3. The number of carbonyl (C=O) groups is 1. The molecular weight excluding hydrogens is 344 g/mol. The number of nitrogens with zero attached hydrogens (tertiary/aromatic N) is 3. The van der Waals surface area contributed by atoms with Gasteiger partial charge in [0, 0.05) is 36.1 Å². The molecule has 1 N–H and O–H groups in total. The molecule has 2 heterocycles. The van der Waals surface area contributed by atoms with Crippen molar-refractivity contribution in [2.75, 3.05) is 6.54 Å². The lowest BCUT2D eigenvalue weighted by atomic mass is 10.2. The molecule has 0 fully saturated rings. The van der Waals surface area contributed by atoms with E-state index in [-0.39, 0.29) is 5.91 Å². The van der Waals surface area contributed by atoms with Gasteiger partial charge in [0.05, 0.1) is 5.69 Å². The Balaban J connectivity index is 1.59. The van der Waals surface area contributed by atoms with E-state index in [4.69, 9.17) is 11.6 Å². The number of halogens is 1. The Morgan fingerprint density at radius 2 is 2.12 bits per heavy atom. The first-order valence-electron chi connectivity index (χ1n) is 7.62. The van der Waals surface area contributed by atoms with Gasteiger partial charge in [0.25, 0.3) is 5.91 Å². The minimum Gasteiger partial charge on any atom is -0.351 e. The lowest BCUT2D eigenvalue weighted by molar-refractivity contribution is 0.0956. The summed E-state index contributed by atoms with van der Waals surface area (Å²) in [7, 11) is 0. The van der Waals surface area contributed by atoms with Crippen molar-refractivity contribution < 1.29 is 4.79 Å². The predicted octanol–water partition coefficient (Wildman–Crippen LogP) is 3.79. The molecule has 0 aliphatic rings. The fourth-order valence-corrected chi connectivity index (χ4v) is 3.39. The van der Waals surface area contributed by atoms with Crippen molar-refractivity contribution in [3.05, 3.63) is 58.3 Å². The van der Waals surface area contributed by atoms with Crippen molar-refractivity contribution in [1.29, 1.82) is 0 Å². The monoisotopic (exact) mass is 360 g/mol. The van der Waals surface area contributed by atoms with E-state index in [2.05, 4.69) is 15.4 Å². The van der Waals surface area contributed by atoms with Crippen molar-refractivity contribution in [2.24, 2.45) is 0 Å². The molecule has 3 rings (SSSR count). The van der Waals surface area contributed by atoms with Crippen molar-refractivity contribution in [1.82, 2.24) is 20.1 Å². The van der Waals surface area contributed by atoms with E-state index in [9.17, 15) is 4.79 Å². The first-order valence-corrected chi connectivity index (χ1v) is 8.82. The maximum atomic E-state index is 12.3. The van der Waals surface area contributed by atoms with Crippen LogP contribution in [0.15, 0.2) is 42.7 Å². The van der Waals surface area contributed by atoms with Crippen LogP contribution in [-0.2, 0) is 6.54 Å². The summed E-state index contributed by atoms with van der Waals surface area (Å²) in [4.78, 5) is 17.5. The Kier molecular flexibility index (Phi) is 5.27. The van der Waals surface area contributed by atoms with Gasteiger partial charge in [-0.25, -0.2) is 4.98 Å². The lowest BCUT2D eigenvalue weighted by Gasteiger charge is -2.04. The van der Waals surface area contributed by atoms with Gasteiger partial charge in [-0.2, -0.15) is 5.10 Å². The van der Waals surface area contributed by atoms with E-state index < -0.39 is 0 Å². The number of benzene rings is 1. The maximum Gasteiger partial charge on any atom is 0.263 e. The molecule has 3 aromatic rings. The molecule has 1 aromatic carbocycles. The van der Waals surface area contributed by atoms with Gasteiger partial charge < -0.3 is 5.32 Å². The Morgan fingerprint density at radius 1 is 1.33 bits per heavy atom. The quantitative estimate of drug-likeness (QED) is 0.680. The molecule has 7 heteroatoms. The third-order valence-corrected chi connectivity index (χ3v) is 4.96. The number of carbonyl (C=O) groups excluding carboxylic acids is 1. The number of thiazole rings is 1. The number of amides is 1. The Labute approximate surface area is 149 Å². The summed E-state index contributed by atoms with van der Waals surface area (Å²) in [6.45, 7) is 3.24. The smallest absolute Gasteiger partial charge is 0.263 e. The van der Waals surface area contributed by atoms with E-state index in [0.717, 1.165) is 29.2 Å². The number of aryl methyl sites for hydroxylation is 2. The van der Waals surface area contributed by atoms with Crippen LogP contribution >= 0.6 is 22.9 Å². The summed E-state index contributed by atoms with van der Waals surface area (Å²) >= 11 is 7.31. The Hall–Kier alpha value is -2.18. The van der Waals surface area contributed by atoms with Crippen LogP contribution in [0, 0.1) is 6.92 Å². The standard InChI is InChI=1S/C17H17ClN4OS/c1-12-15(16(23)19-8-2-10-22-11-3-9-20-22)24-17(21-12)13-4-6-14(18)7-5-13/h3-7,9,11H,2,8,10H2,1H3,(H,19,23). The molecule has 2 aromatic heterocycles. The molecule has 124 valence electrons. The third-order valence-electron chi connectivity index (χ3n) is 3.50. The molecule has 5 nitrogen and oxygen atoms in total. The highest BCUT2D eigenvalue weighted by Gasteiger charge is 2.15. The van der Waals surface area contributed by atoms with Gasteiger partial charge in [0.15, 0.2) is 0 Å². The minimum absolute atomic E-state index is 0.0781. The number of hydrogen-bond donors (Lipinski definition) is 1. The molecule has 0 unspecified atom stereocenters. The summed E-state index contributed by atoms with van der Waals surface area (Å²) < 4.78 is 1.85. The first kappa shape index (κ1) is 16.7. The minimum atomic E-state index is -0.0781. The average Bonchev–Trinajstić information content (AvgIpc) is 3.22. The topological polar surface area (TPSA) is 59.8 Å². The van der Waals surface area contributed by atoms with E-state index >= 15 is 0 Å². The zero-order valence-electron chi connectivity index (χ0n) is 13.2. The molecule has 0 saturated carbocycles. The van der Waals surface area contributed by atoms with Gasteiger partial charge in [0.2, 0.25) is 0 Å². The van der Waals surface area contributed by atoms with Crippen LogP contribution in [0.25, 0.3) is 10.6 Å². The summed E-state index contributed by atoms with van der Waals surface area (Å²) in [6, 6.07) is 9.35. The summed E-state index contributed by atoms with van der Waals surface area (Å²) in [5.74, 6) is -0.0781. The van der Waals surface area contributed by atoms with E-state index in [1.54, 1.807) is 6.20 Å². The first-order chi connectivity index (χ1) is 11.6. The zero-order chi connectivity index (χ0) is 16.9. The largest absolute Gasteiger partial charge is 0.351 e. The van der Waals surface area contributed by atoms with Crippen molar-refractivity contribution in [3.63, 3.8) is 0 Å². The van der Waals surface area contributed by atoms with E-state index in [1.165, 1.54) is 11.3 Å². The second-order valence-corrected chi connectivity index (χ2v) is 6.75. The number of rotatable bonds is 6. The van der Waals surface area contributed by atoms with Crippen LogP contribution in [0.5, 0.6) is 0 Å². The molecule has 0 atom stereocenters. The fourth-order valence-electron chi connectivity index (χ4n) is 2.28. The van der Waals surface area contributed by atoms with Gasteiger partial charge >= 0.3 is 0 Å². The van der Waals surface area contributed by atoms with Gasteiger partial charge in [0.1, 0.15) is 9.88 Å². The highest BCUT2D eigenvalue weighted by atomic mass is 35.5. The normalized spacial score (nSPS) is 10.8. The highest BCUT2D eigenvalue weighted by Crippen LogP contribution is 2.28. The number of nitrogens with one attached hydrogen (secondary N) is 1. The van der Waals surface area contributed by atoms with Crippen molar-refractivity contribution in [2.45, 2.75) is 19.9 Å². The second-order valence-electron chi connectivity index (χ2n) is 5.32. The van der Waals surface area contributed by atoms with Crippen LogP contribution in [-0.4, -0.2) is 27.2 Å². The number of aromatic nitrogens is 3. The summed E-state index contributed by atoms with van der Waals surface area (Å²) in [5, 5.41) is 8.59. The average molecular weight is 361 g/mol. The molecule has 0 bridgehead atoms. The molecule has 0 radical (unpaired) electrons. The number of hydrogen-bond acceptors (Lipinski definition) is 4. The van der Waals surface area contributed by atoms with Crippen LogP contribution in [0.1, 0.15) is 21.8 Å². The molecule has 0 aliphatic carbocycles. The SMILES string of the molecule is Cc1nc(-c2ccc(Cl)cc2)sc1C(=O)NCCCn1cccn1. The van der Waals surface area contributed by atoms with Crippen LogP contribution in [0.4, 0.5) is 0 Å². The van der Waals surface area contributed by atoms with Gasteiger partial charge in [-0.15, -0.1) is 11.3 Å². The molecule has 1 amide bonds. The Bertz CT molecular complexity index is 812. The third kappa shape index (κ3) is 4.01. The molecular formula is C17H17ClN4OS. The lowest BCUT2D eigenvalue weighted by Crippen LogP contribution is -2.25. The van der Waals surface area contributed by atoms with Gasteiger partial charge in [-0.3, -0.25) is 9.48 Å². The fraction of sp³-hybridized carbons (Fsp3) is 0.235. The second kappa shape index (κ2) is 7.59. The summed E-state index contributed by atoms with van der Waals surface area (Å²) in [5.41, 5.74) is 1.71. The van der Waals surface area contributed by atoms with Crippen molar-refractivity contribution in [3.8, 4) is 10.6 Å². The molecule has 0 saturated heterocycles. The Morgan fingerprint density at radius 3 is 2.83 bits per heavy atom.